The van der Waals surface area contributed by atoms with Crippen LogP contribution in [0, 0.1) is 5.41 Å². The molecule has 1 unspecified atom stereocenters. The number of carboxylic acids is 1. The zero-order chi connectivity index (χ0) is 14.6. The van der Waals surface area contributed by atoms with Crippen molar-refractivity contribution in [2.45, 2.75) is 38.6 Å². The molecule has 1 atom stereocenters. The van der Waals surface area contributed by atoms with Crippen LogP contribution >= 0.6 is 11.3 Å². The normalized spacial score (nSPS) is 17.9. The maximum Gasteiger partial charge on any atom is 0.315 e. The minimum absolute atomic E-state index is 0.0239. The third kappa shape index (κ3) is 3.50. The predicted octanol–water partition coefficient (Wildman–Crippen LogP) is 2.23. The summed E-state index contributed by atoms with van der Waals surface area (Å²) in [6.07, 6.45) is 3.00. The standard InChI is InChI=1S/C14H20N2O3S/c1-10(8-11-4-2-7-20-11)16-13(19)15-9-14(12(17)18)5-3-6-14/h2,4,7,10H,3,5-6,8-9H2,1H3,(H,17,18)(H2,15,16,19). The summed E-state index contributed by atoms with van der Waals surface area (Å²) in [5.74, 6) is -0.810. The zero-order valence-corrected chi connectivity index (χ0v) is 12.3. The van der Waals surface area contributed by atoms with Crippen LogP contribution in [-0.2, 0) is 11.2 Å². The Morgan fingerprint density at radius 1 is 1.50 bits per heavy atom. The first-order chi connectivity index (χ1) is 9.52. The highest BCUT2D eigenvalue weighted by atomic mass is 32.1. The number of nitrogens with one attached hydrogen (secondary N) is 2. The third-order valence-electron chi connectivity index (χ3n) is 3.82. The summed E-state index contributed by atoms with van der Waals surface area (Å²) in [6, 6.07) is 3.76. The van der Waals surface area contributed by atoms with Crippen LogP contribution in [0.25, 0.3) is 0 Å². The van der Waals surface area contributed by atoms with E-state index in [4.69, 9.17) is 0 Å². The summed E-state index contributed by atoms with van der Waals surface area (Å²) < 4.78 is 0. The molecule has 0 spiro atoms. The molecule has 20 heavy (non-hydrogen) atoms. The first-order valence-corrected chi connectivity index (χ1v) is 7.70. The summed E-state index contributed by atoms with van der Waals surface area (Å²) >= 11 is 1.66. The number of thiophene rings is 1. The lowest BCUT2D eigenvalue weighted by molar-refractivity contribution is -0.153. The van der Waals surface area contributed by atoms with Gasteiger partial charge in [0.05, 0.1) is 5.41 Å². The summed E-state index contributed by atoms with van der Waals surface area (Å²) in [5.41, 5.74) is -0.742. The molecule has 110 valence electrons. The van der Waals surface area contributed by atoms with E-state index in [0.717, 1.165) is 12.8 Å². The quantitative estimate of drug-likeness (QED) is 0.753. The van der Waals surface area contributed by atoms with Gasteiger partial charge in [0.1, 0.15) is 0 Å². The van der Waals surface area contributed by atoms with E-state index in [0.29, 0.717) is 12.8 Å². The lowest BCUT2D eigenvalue weighted by Gasteiger charge is -2.37. The molecule has 1 aromatic rings. The molecule has 0 radical (unpaired) electrons. The molecule has 0 aliphatic heterocycles. The van der Waals surface area contributed by atoms with Crippen molar-refractivity contribution in [2.75, 3.05) is 6.54 Å². The molecule has 0 bridgehead atoms. The number of rotatable bonds is 6. The first-order valence-electron chi connectivity index (χ1n) is 6.82. The number of hydrogen-bond donors (Lipinski definition) is 3. The fourth-order valence-electron chi connectivity index (χ4n) is 2.38. The molecule has 2 amide bonds. The minimum Gasteiger partial charge on any atom is -0.481 e. The number of aliphatic carboxylic acids is 1. The van der Waals surface area contributed by atoms with Gasteiger partial charge < -0.3 is 15.7 Å². The van der Waals surface area contributed by atoms with E-state index < -0.39 is 11.4 Å². The molecule has 1 saturated carbocycles. The van der Waals surface area contributed by atoms with E-state index in [1.165, 1.54) is 4.88 Å². The van der Waals surface area contributed by atoms with Gasteiger partial charge >= 0.3 is 12.0 Å². The molecule has 1 aliphatic rings. The van der Waals surface area contributed by atoms with Crippen molar-refractivity contribution in [1.29, 1.82) is 0 Å². The van der Waals surface area contributed by atoms with E-state index in [1.807, 2.05) is 24.4 Å². The summed E-state index contributed by atoms with van der Waals surface area (Å²) in [4.78, 5) is 24.2. The summed E-state index contributed by atoms with van der Waals surface area (Å²) in [6.45, 7) is 2.15. The Bertz CT molecular complexity index is 469. The van der Waals surface area contributed by atoms with Gasteiger partial charge in [-0.05, 0) is 31.2 Å². The average molecular weight is 296 g/mol. The monoisotopic (exact) mass is 296 g/mol. The molecular formula is C14H20N2O3S. The second-order valence-electron chi connectivity index (χ2n) is 5.45. The minimum atomic E-state index is -0.810. The lowest BCUT2D eigenvalue weighted by atomic mass is 9.69. The summed E-state index contributed by atoms with van der Waals surface area (Å²) in [7, 11) is 0. The molecule has 1 aromatic heterocycles. The number of carbonyl (C=O) groups is 2. The van der Waals surface area contributed by atoms with E-state index in [9.17, 15) is 14.7 Å². The Morgan fingerprint density at radius 2 is 2.25 bits per heavy atom. The first kappa shape index (κ1) is 14.8. The Balaban J connectivity index is 1.73. The van der Waals surface area contributed by atoms with Gasteiger partial charge in [-0.1, -0.05) is 12.5 Å². The third-order valence-corrected chi connectivity index (χ3v) is 4.72. The molecule has 6 heteroatoms. The largest absolute Gasteiger partial charge is 0.481 e. The van der Waals surface area contributed by atoms with E-state index in [-0.39, 0.29) is 18.6 Å². The Kier molecular flexibility index (Phi) is 4.65. The van der Waals surface area contributed by atoms with Crippen molar-refractivity contribution in [3.05, 3.63) is 22.4 Å². The number of urea groups is 1. The Morgan fingerprint density at radius 3 is 2.75 bits per heavy atom. The van der Waals surface area contributed by atoms with Gasteiger partial charge in [-0.2, -0.15) is 0 Å². The lowest BCUT2D eigenvalue weighted by Crippen LogP contribution is -2.51. The number of carboxylic acid groups (broad SMARTS) is 1. The van der Waals surface area contributed by atoms with Crippen molar-refractivity contribution >= 4 is 23.3 Å². The number of carbonyl (C=O) groups excluding carboxylic acids is 1. The number of hydrogen-bond acceptors (Lipinski definition) is 3. The van der Waals surface area contributed by atoms with Gasteiger partial charge in [-0.3, -0.25) is 4.79 Å². The average Bonchev–Trinajstić information content (AvgIpc) is 2.79. The van der Waals surface area contributed by atoms with Gasteiger partial charge in [-0.25, -0.2) is 4.79 Å². The van der Waals surface area contributed by atoms with Crippen LogP contribution in [0.15, 0.2) is 17.5 Å². The van der Waals surface area contributed by atoms with Crippen LogP contribution in [0.2, 0.25) is 0 Å². The van der Waals surface area contributed by atoms with E-state index in [2.05, 4.69) is 10.6 Å². The van der Waals surface area contributed by atoms with E-state index in [1.54, 1.807) is 11.3 Å². The predicted molar refractivity (Wildman–Crippen MR) is 77.9 cm³/mol. The highest BCUT2D eigenvalue weighted by molar-refractivity contribution is 7.09. The van der Waals surface area contributed by atoms with Crippen molar-refractivity contribution < 1.29 is 14.7 Å². The smallest absolute Gasteiger partial charge is 0.315 e. The van der Waals surface area contributed by atoms with Crippen LogP contribution in [0.1, 0.15) is 31.1 Å². The zero-order valence-electron chi connectivity index (χ0n) is 11.5. The van der Waals surface area contributed by atoms with Crippen molar-refractivity contribution in [3.8, 4) is 0 Å². The SMILES string of the molecule is CC(Cc1cccs1)NC(=O)NCC1(C(=O)O)CCC1. The highest BCUT2D eigenvalue weighted by Crippen LogP contribution is 2.40. The van der Waals surface area contributed by atoms with Gasteiger partial charge in [0.2, 0.25) is 0 Å². The Labute approximate surface area is 122 Å². The molecule has 5 nitrogen and oxygen atoms in total. The van der Waals surface area contributed by atoms with Crippen LogP contribution in [0.5, 0.6) is 0 Å². The van der Waals surface area contributed by atoms with Crippen LogP contribution in [0.4, 0.5) is 4.79 Å². The maximum atomic E-state index is 11.8. The second kappa shape index (κ2) is 6.26. The molecule has 1 heterocycles. The van der Waals surface area contributed by atoms with Crippen LogP contribution in [0.3, 0.4) is 0 Å². The molecule has 0 saturated heterocycles. The molecule has 1 aliphatic carbocycles. The molecule has 2 rings (SSSR count). The second-order valence-corrected chi connectivity index (χ2v) is 6.48. The molecule has 3 N–H and O–H groups in total. The number of amides is 2. The van der Waals surface area contributed by atoms with Crippen molar-refractivity contribution in [1.82, 2.24) is 10.6 Å². The van der Waals surface area contributed by atoms with Crippen molar-refractivity contribution in [3.63, 3.8) is 0 Å². The van der Waals surface area contributed by atoms with Gasteiger partial charge in [-0.15, -0.1) is 11.3 Å². The Hall–Kier alpha value is -1.56. The van der Waals surface area contributed by atoms with Gasteiger partial charge in [0.25, 0.3) is 0 Å². The van der Waals surface area contributed by atoms with E-state index >= 15 is 0 Å². The maximum absolute atomic E-state index is 11.8. The van der Waals surface area contributed by atoms with Crippen LogP contribution < -0.4 is 10.6 Å². The fourth-order valence-corrected chi connectivity index (χ4v) is 3.21. The van der Waals surface area contributed by atoms with Gasteiger partial charge in [0, 0.05) is 23.9 Å². The fraction of sp³-hybridized carbons (Fsp3) is 0.571. The molecule has 1 fully saturated rings. The van der Waals surface area contributed by atoms with Gasteiger partial charge in [0.15, 0.2) is 0 Å². The van der Waals surface area contributed by atoms with Crippen LogP contribution in [-0.4, -0.2) is 29.7 Å². The van der Waals surface area contributed by atoms with Crippen molar-refractivity contribution in [2.24, 2.45) is 5.41 Å². The highest BCUT2D eigenvalue weighted by Gasteiger charge is 2.44. The molecule has 0 aromatic carbocycles. The molecular weight excluding hydrogens is 276 g/mol. The summed E-state index contributed by atoms with van der Waals surface area (Å²) in [5, 5.41) is 16.7. The topological polar surface area (TPSA) is 78.4 Å².